The van der Waals surface area contributed by atoms with Crippen LogP contribution in [0.25, 0.3) is 22.4 Å². The molecule has 0 radical (unpaired) electrons. The maximum atomic E-state index is 12.1. The molecule has 4 rings (SSSR count). The Hall–Kier alpha value is -3.41. The molecule has 4 aromatic rings. The summed E-state index contributed by atoms with van der Waals surface area (Å²) in [6, 6.07) is 17.9. The number of aromatic nitrogens is 3. The van der Waals surface area contributed by atoms with E-state index in [1.54, 1.807) is 0 Å². The lowest BCUT2D eigenvalue weighted by Crippen LogP contribution is -2.25. The number of H-pyrrole nitrogens is 1. The lowest BCUT2D eigenvalue weighted by atomic mass is 10.1. The van der Waals surface area contributed by atoms with Gasteiger partial charge in [-0.3, -0.25) is 4.79 Å². The topological polar surface area (TPSA) is 83.8 Å². The molecule has 0 saturated carbocycles. The highest BCUT2D eigenvalue weighted by molar-refractivity contribution is 5.83. The summed E-state index contributed by atoms with van der Waals surface area (Å²) in [4.78, 5) is 19.7. The van der Waals surface area contributed by atoms with E-state index in [0.29, 0.717) is 31.1 Å². The number of carbonyl (C=O) groups is 1. The van der Waals surface area contributed by atoms with Crippen LogP contribution in [0.4, 0.5) is 0 Å². The van der Waals surface area contributed by atoms with Crippen molar-refractivity contribution in [3.63, 3.8) is 0 Å². The lowest BCUT2D eigenvalue weighted by Gasteiger charge is -2.03. The normalized spacial score (nSPS) is 11.0. The third-order valence-electron chi connectivity index (χ3n) is 4.68. The summed E-state index contributed by atoms with van der Waals surface area (Å²) in [5.74, 6) is 1.14. The highest BCUT2D eigenvalue weighted by atomic mass is 16.5. The van der Waals surface area contributed by atoms with Gasteiger partial charge in [-0.05, 0) is 36.6 Å². The fourth-order valence-corrected chi connectivity index (χ4v) is 3.23. The van der Waals surface area contributed by atoms with Crippen molar-refractivity contribution >= 4 is 16.8 Å². The van der Waals surface area contributed by atoms with E-state index in [2.05, 4.69) is 32.6 Å². The Morgan fingerprint density at radius 2 is 1.86 bits per heavy atom. The van der Waals surface area contributed by atoms with Gasteiger partial charge >= 0.3 is 0 Å². The van der Waals surface area contributed by atoms with Gasteiger partial charge in [-0.25, -0.2) is 0 Å². The summed E-state index contributed by atoms with van der Waals surface area (Å²) in [6.45, 7) is 0.500. The molecule has 2 aromatic carbocycles. The smallest absolute Gasteiger partial charge is 0.257 e. The maximum Gasteiger partial charge on any atom is 0.257 e. The van der Waals surface area contributed by atoms with Gasteiger partial charge < -0.3 is 14.8 Å². The van der Waals surface area contributed by atoms with E-state index in [4.69, 9.17) is 4.52 Å². The zero-order valence-corrected chi connectivity index (χ0v) is 15.5. The Labute approximate surface area is 163 Å². The number of para-hydroxylation sites is 1. The quantitative estimate of drug-likeness (QED) is 0.490. The van der Waals surface area contributed by atoms with Crippen LogP contribution in [-0.2, 0) is 17.6 Å². The van der Waals surface area contributed by atoms with E-state index in [0.717, 1.165) is 23.9 Å². The van der Waals surface area contributed by atoms with Gasteiger partial charge in [0.1, 0.15) is 0 Å². The number of nitrogens with one attached hydrogen (secondary N) is 2. The van der Waals surface area contributed by atoms with Gasteiger partial charge in [0.2, 0.25) is 5.91 Å². The summed E-state index contributed by atoms with van der Waals surface area (Å²) < 4.78 is 5.27. The molecule has 0 saturated heterocycles. The third kappa shape index (κ3) is 4.28. The van der Waals surface area contributed by atoms with Crippen molar-refractivity contribution in [2.45, 2.75) is 25.7 Å². The van der Waals surface area contributed by atoms with Crippen LogP contribution >= 0.6 is 0 Å². The Kier molecular flexibility index (Phi) is 5.47. The molecule has 0 aliphatic rings. The second-order valence-corrected chi connectivity index (χ2v) is 6.69. The van der Waals surface area contributed by atoms with Crippen molar-refractivity contribution in [1.29, 1.82) is 0 Å². The third-order valence-corrected chi connectivity index (χ3v) is 4.68. The lowest BCUT2D eigenvalue weighted by molar-refractivity contribution is -0.121. The summed E-state index contributed by atoms with van der Waals surface area (Å²) >= 11 is 0. The molecule has 28 heavy (non-hydrogen) atoms. The fraction of sp³-hybridized carbons (Fsp3) is 0.227. The molecule has 0 atom stereocenters. The second-order valence-electron chi connectivity index (χ2n) is 6.69. The van der Waals surface area contributed by atoms with Crippen molar-refractivity contribution in [3.8, 4) is 11.5 Å². The van der Waals surface area contributed by atoms with Crippen molar-refractivity contribution in [1.82, 2.24) is 20.4 Å². The number of aromatic amines is 1. The molecule has 0 aliphatic heterocycles. The molecule has 142 valence electrons. The molecule has 0 unspecified atom stereocenters. The number of nitrogens with zero attached hydrogens (tertiary/aromatic N) is 2. The molecule has 2 heterocycles. The van der Waals surface area contributed by atoms with Gasteiger partial charge in [0, 0.05) is 42.0 Å². The predicted octanol–water partition coefficient (Wildman–Crippen LogP) is 3.90. The SMILES string of the molecule is O=C(CCCc1c[nH]c2ccccc12)NCCc1noc(-c2ccccc2)n1. The van der Waals surface area contributed by atoms with E-state index in [1.807, 2.05) is 48.7 Å². The van der Waals surface area contributed by atoms with E-state index < -0.39 is 0 Å². The first kappa shape index (κ1) is 18.0. The van der Waals surface area contributed by atoms with Gasteiger partial charge in [0.05, 0.1) is 0 Å². The Morgan fingerprint density at radius 1 is 1.04 bits per heavy atom. The van der Waals surface area contributed by atoms with Crippen molar-refractivity contribution in [2.24, 2.45) is 0 Å². The van der Waals surface area contributed by atoms with Crippen LogP contribution in [0.1, 0.15) is 24.2 Å². The number of rotatable bonds is 8. The van der Waals surface area contributed by atoms with Crippen LogP contribution in [0, 0.1) is 0 Å². The van der Waals surface area contributed by atoms with Gasteiger partial charge in [-0.15, -0.1) is 0 Å². The summed E-state index contributed by atoms with van der Waals surface area (Å²) in [6.07, 6.45) is 4.77. The van der Waals surface area contributed by atoms with Crippen molar-refractivity contribution < 1.29 is 9.32 Å². The molecule has 6 nitrogen and oxygen atoms in total. The van der Waals surface area contributed by atoms with Crippen LogP contribution in [-0.4, -0.2) is 27.6 Å². The number of benzene rings is 2. The summed E-state index contributed by atoms with van der Waals surface area (Å²) in [5, 5.41) is 8.13. The highest BCUT2D eigenvalue weighted by Crippen LogP contribution is 2.19. The summed E-state index contributed by atoms with van der Waals surface area (Å²) in [5.41, 5.74) is 3.28. The van der Waals surface area contributed by atoms with Crippen LogP contribution < -0.4 is 5.32 Å². The van der Waals surface area contributed by atoms with E-state index in [-0.39, 0.29) is 5.91 Å². The molecule has 0 fully saturated rings. The largest absolute Gasteiger partial charge is 0.361 e. The average Bonchev–Trinajstić information content (AvgIpc) is 3.36. The number of aryl methyl sites for hydroxylation is 1. The molecular weight excluding hydrogens is 352 g/mol. The number of carbonyl (C=O) groups excluding carboxylic acids is 1. The summed E-state index contributed by atoms with van der Waals surface area (Å²) in [7, 11) is 0. The zero-order chi connectivity index (χ0) is 19.2. The molecule has 2 aromatic heterocycles. The first-order chi connectivity index (χ1) is 13.8. The predicted molar refractivity (Wildman–Crippen MR) is 108 cm³/mol. The van der Waals surface area contributed by atoms with Gasteiger partial charge in [-0.2, -0.15) is 4.98 Å². The van der Waals surface area contributed by atoms with Gasteiger partial charge in [0.15, 0.2) is 5.82 Å². The monoisotopic (exact) mass is 374 g/mol. The van der Waals surface area contributed by atoms with Crippen molar-refractivity contribution in [2.75, 3.05) is 6.54 Å². The van der Waals surface area contributed by atoms with Crippen LogP contribution in [0.3, 0.4) is 0 Å². The first-order valence-electron chi connectivity index (χ1n) is 9.49. The standard InChI is InChI=1S/C22H22N4O2/c27-21(12-6-9-17-15-24-19-11-5-4-10-18(17)19)23-14-13-20-25-22(28-26-20)16-7-2-1-3-8-16/h1-5,7-8,10-11,15,24H,6,9,12-14H2,(H,23,27). The molecular formula is C22H22N4O2. The molecule has 0 spiro atoms. The van der Waals surface area contributed by atoms with E-state index in [1.165, 1.54) is 10.9 Å². The first-order valence-corrected chi connectivity index (χ1v) is 9.49. The maximum absolute atomic E-state index is 12.1. The second kappa shape index (κ2) is 8.52. The van der Waals surface area contributed by atoms with Crippen LogP contribution in [0.15, 0.2) is 65.3 Å². The minimum atomic E-state index is 0.0478. The van der Waals surface area contributed by atoms with Crippen LogP contribution in [0.5, 0.6) is 0 Å². The number of amides is 1. The van der Waals surface area contributed by atoms with E-state index in [9.17, 15) is 4.79 Å². The molecule has 0 bridgehead atoms. The Morgan fingerprint density at radius 3 is 2.75 bits per heavy atom. The van der Waals surface area contributed by atoms with Crippen LogP contribution in [0.2, 0.25) is 0 Å². The van der Waals surface area contributed by atoms with Crippen molar-refractivity contribution in [3.05, 3.63) is 72.2 Å². The Balaban J connectivity index is 1.19. The number of fused-ring (bicyclic) bond motifs is 1. The highest BCUT2D eigenvalue weighted by Gasteiger charge is 2.09. The molecule has 1 amide bonds. The zero-order valence-electron chi connectivity index (χ0n) is 15.5. The minimum absolute atomic E-state index is 0.0478. The molecule has 0 aliphatic carbocycles. The van der Waals surface area contributed by atoms with E-state index >= 15 is 0 Å². The van der Waals surface area contributed by atoms with Gasteiger partial charge in [-0.1, -0.05) is 41.6 Å². The average molecular weight is 374 g/mol. The Bertz CT molecular complexity index is 1050. The minimum Gasteiger partial charge on any atom is -0.361 e. The number of hydrogen-bond acceptors (Lipinski definition) is 4. The number of hydrogen-bond donors (Lipinski definition) is 2. The van der Waals surface area contributed by atoms with Gasteiger partial charge in [0.25, 0.3) is 5.89 Å². The molecule has 2 N–H and O–H groups in total. The fourth-order valence-electron chi connectivity index (χ4n) is 3.23. The molecule has 6 heteroatoms.